The number of fused-ring (bicyclic) bond motifs is 13. The number of hydrogen-bond donors (Lipinski definition) is 0. The smallest absolute Gasteiger partial charge is 0.184 e. The third-order valence-electron chi connectivity index (χ3n) is 11.1. The van der Waals surface area contributed by atoms with Crippen LogP contribution in [-0.2, 0) is 10.8 Å². The molecule has 53 heavy (non-hydrogen) atoms. The molecule has 8 aromatic carbocycles. The summed E-state index contributed by atoms with van der Waals surface area (Å²) in [5.74, 6) is 0. The van der Waals surface area contributed by atoms with Gasteiger partial charge in [0.15, 0.2) is 0 Å². The molecule has 0 saturated carbocycles. The fourth-order valence-electron chi connectivity index (χ4n) is 8.75. The number of benzene rings is 8. The Morgan fingerprint density at radius 3 is 1.40 bits per heavy atom. The topological polar surface area (TPSA) is 0 Å². The maximum atomic E-state index is 3.61. The van der Waals surface area contributed by atoms with Crippen molar-refractivity contribution in [2.45, 2.75) is 24.7 Å². The van der Waals surface area contributed by atoms with E-state index in [1.54, 1.807) is 0 Å². The van der Waals surface area contributed by atoms with Gasteiger partial charge in [0.25, 0.3) is 0 Å². The van der Waals surface area contributed by atoms with Crippen LogP contribution in [0.25, 0.3) is 44.5 Å². The van der Waals surface area contributed by atoms with Gasteiger partial charge in [-0.2, -0.15) is 78.9 Å². The molecule has 248 valence electrons. The Hall–Kier alpha value is -5.24. The van der Waals surface area contributed by atoms with E-state index in [0.29, 0.717) is 0 Å². The molecule has 0 aliphatic heterocycles. The molecule has 0 nitrogen and oxygen atoms in total. The summed E-state index contributed by atoms with van der Waals surface area (Å²) in [7, 11) is 0. The summed E-state index contributed by atoms with van der Waals surface area (Å²) in [5.41, 5.74) is 18.7. The molecular formula is C52H37Na-2. The Bertz CT molecular complexity index is 2270. The first-order valence-corrected chi connectivity index (χ1v) is 18.0. The third kappa shape index (κ3) is 5.65. The van der Waals surface area contributed by atoms with Gasteiger partial charge in [0.1, 0.15) is 0 Å². The van der Waals surface area contributed by atoms with Gasteiger partial charge in [-0.15, -0.1) is 27.8 Å². The van der Waals surface area contributed by atoms with E-state index in [-0.39, 0.29) is 40.4 Å². The molecule has 11 rings (SSSR count). The van der Waals surface area contributed by atoms with Gasteiger partial charge in [-0.25, -0.2) is 0 Å². The van der Waals surface area contributed by atoms with E-state index < -0.39 is 0 Å². The van der Waals surface area contributed by atoms with Gasteiger partial charge >= 0.3 is 29.6 Å². The van der Waals surface area contributed by atoms with Crippen LogP contribution >= 0.6 is 0 Å². The van der Waals surface area contributed by atoms with E-state index in [1.165, 1.54) is 77.9 Å². The minimum atomic E-state index is -0.236. The van der Waals surface area contributed by atoms with E-state index in [4.69, 9.17) is 0 Å². The van der Waals surface area contributed by atoms with Gasteiger partial charge in [-0.3, -0.25) is 0 Å². The van der Waals surface area contributed by atoms with Gasteiger partial charge in [0.05, 0.1) is 0 Å². The standard InChI is InChI=1S/C25H15.C15H13.C12H9.Na/c1-5-13-21-17(9-1)18-10-2-6-14-22(18)25(21)23-15-7-3-11-19(23)20-12-4-8-16-24(20)25;1-15(2)13-9-5-3-7-11(13)12-8-4-6-10-14(12)15;1-3-7-11(8-4-1)12-9-5-2-6-10-12;/h1-15H;3-5,7-10H,1-2H3;1,3-10H;/q3*-1;+1. The molecule has 0 aromatic heterocycles. The molecule has 1 heteroatoms. The van der Waals surface area contributed by atoms with Crippen LogP contribution in [0.4, 0.5) is 0 Å². The van der Waals surface area contributed by atoms with E-state index >= 15 is 0 Å². The van der Waals surface area contributed by atoms with Crippen molar-refractivity contribution in [1.29, 1.82) is 0 Å². The second kappa shape index (κ2) is 14.3. The summed E-state index contributed by atoms with van der Waals surface area (Å²) >= 11 is 0. The second-order valence-corrected chi connectivity index (χ2v) is 14.1. The van der Waals surface area contributed by atoms with Crippen molar-refractivity contribution in [2.75, 3.05) is 0 Å². The van der Waals surface area contributed by atoms with E-state index in [0.717, 1.165) is 0 Å². The molecule has 3 aliphatic rings. The molecule has 1 spiro atoms. The van der Waals surface area contributed by atoms with Crippen molar-refractivity contribution in [3.8, 4) is 44.5 Å². The molecule has 0 radical (unpaired) electrons. The Morgan fingerprint density at radius 1 is 0.358 bits per heavy atom. The average Bonchev–Trinajstić information content (AvgIpc) is 3.78. The van der Waals surface area contributed by atoms with E-state index in [9.17, 15) is 0 Å². The van der Waals surface area contributed by atoms with Gasteiger partial charge in [0, 0.05) is 5.41 Å². The first-order chi connectivity index (χ1) is 25.6. The summed E-state index contributed by atoms with van der Waals surface area (Å²) in [4.78, 5) is 0. The molecule has 0 unspecified atom stereocenters. The fourth-order valence-corrected chi connectivity index (χ4v) is 8.75. The molecule has 0 N–H and O–H groups in total. The van der Waals surface area contributed by atoms with Gasteiger partial charge in [-0.05, 0) is 49.9 Å². The zero-order chi connectivity index (χ0) is 35.1. The fraction of sp³-hybridized carbons (Fsp3) is 0.0769. The average molecular weight is 685 g/mol. The van der Waals surface area contributed by atoms with Crippen LogP contribution in [0.2, 0.25) is 0 Å². The minimum absolute atomic E-state index is 0. The third-order valence-corrected chi connectivity index (χ3v) is 11.1. The Morgan fingerprint density at radius 2 is 0.792 bits per heavy atom. The van der Waals surface area contributed by atoms with Crippen molar-refractivity contribution >= 4 is 0 Å². The zero-order valence-electron chi connectivity index (χ0n) is 30.4. The maximum Gasteiger partial charge on any atom is 1.00 e. The van der Waals surface area contributed by atoms with Gasteiger partial charge < -0.3 is 0 Å². The summed E-state index contributed by atoms with van der Waals surface area (Å²) < 4.78 is 0. The molecule has 0 fully saturated rings. The van der Waals surface area contributed by atoms with Crippen molar-refractivity contribution in [1.82, 2.24) is 0 Å². The largest absolute Gasteiger partial charge is 1.00 e. The van der Waals surface area contributed by atoms with Crippen LogP contribution < -0.4 is 29.6 Å². The van der Waals surface area contributed by atoms with Crippen LogP contribution in [0.15, 0.2) is 188 Å². The Kier molecular flexibility index (Phi) is 9.39. The summed E-state index contributed by atoms with van der Waals surface area (Å²) in [6.07, 6.45) is 0. The van der Waals surface area contributed by atoms with Crippen LogP contribution in [0, 0.1) is 18.2 Å². The van der Waals surface area contributed by atoms with E-state index in [2.05, 4.69) is 184 Å². The van der Waals surface area contributed by atoms with Crippen molar-refractivity contribution < 1.29 is 29.6 Å². The molecule has 0 saturated heterocycles. The summed E-state index contributed by atoms with van der Waals surface area (Å²) in [6, 6.07) is 76.0. The van der Waals surface area contributed by atoms with Crippen LogP contribution in [0.3, 0.4) is 0 Å². The second-order valence-electron chi connectivity index (χ2n) is 14.1. The zero-order valence-corrected chi connectivity index (χ0v) is 32.4. The molecule has 8 aromatic rings. The predicted octanol–water partition coefficient (Wildman–Crippen LogP) is 9.78. The molecule has 0 atom stereocenters. The normalized spacial score (nSPS) is 13.6. The molecule has 3 aliphatic carbocycles. The first kappa shape index (κ1) is 34.8. The van der Waals surface area contributed by atoms with Crippen LogP contribution in [0.5, 0.6) is 0 Å². The quantitative estimate of drug-likeness (QED) is 0.119. The van der Waals surface area contributed by atoms with Crippen molar-refractivity contribution in [2.24, 2.45) is 0 Å². The van der Waals surface area contributed by atoms with Crippen LogP contribution in [-0.4, -0.2) is 0 Å². The monoisotopic (exact) mass is 684 g/mol. The number of hydrogen-bond acceptors (Lipinski definition) is 0. The van der Waals surface area contributed by atoms with E-state index in [1.807, 2.05) is 36.4 Å². The molecule has 0 heterocycles. The Labute approximate surface area is 336 Å². The summed E-state index contributed by atoms with van der Waals surface area (Å²) in [6.45, 7) is 4.57. The SMILES string of the molecule is CC1(C)c2c[c-]ccc2-c2ccccc21.[Na+].[c-]1ccc(-c2ccccc2)cc1.[c-]1cccc2c1C1(c3ccccc3-2)c2ccccc2-c2ccccc21. The summed E-state index contributed by atoms with van der Waals surface area (Å²) in [5, 5.41) is 0. The van der Waals surface area contributed by atoms with Gasteiger partial charge in [-0.1, -0.05) is 147 Å². The number of rotatable bonds is 1. The Balaban J connectivity index is 0.000000122. The maximum absolute atomic E-state index is 3.61. The molecule has 0 bridgehead atoms. The van der Waals surface area contributed by atoms with Crippen molar-refractivity contribution in [3.05, 3.63) is 240 Å². The minimum Gasteiger partial charge on any atom is -0.184 e. The van der Waals surface area contributed by atoms with Gasteiger partial charge in [0.2, 0.25) is 0 Å². The van der Waals surface area contributed by atoms with Crippen molar-refractivity contribution in [3.63, 3.8) is 0 Å². The molecule has 0 amide bonds. The molecular weight excluding hydrogens is 648 g/mol. The van der Waals surface area contributed by atoms with Crippen LogP contribution in [0.1, 0.15) is 47.2 Å². The predicted molar refractivity (Wildman–Crippen MR) is 215 cm³/mol. The first-order valence-electron chi connectivity index (χ1n) is 18.0.